The van der Waals surface area contributed by atoms with Gasteiger partial charge < -0.3 is 14.6 Å². The van der Waals surface area contributed by atoms with E-state index >= 15 is 0 Å². The molecule has 0 rings (SSSR count). The molecule has 0 aromatic carbocycles. The van der Waals surface area contributed by atoms with Crippen molar-refractivity contribution >= 4 is 18.2 Å². The van der Waals surface area contributed by atoms with Crippen LogP contribution in [0.2, 0.25) is 0 Å². The van der Waals surface area contributed by atoms with Crippen molar-refractivity contribution < 1.29 is 29.0 Å². The van der Waals surface area contributed by atoms with Crippen molar-refractivity contribution in [3.63, 3.8) is 0 Å². The molecular formula is C11H18O6. The minimum atomic E-state index is -1.68. The molecule has 0 aliphatic heterocycles. The van der Waals surface area contributed by atoms with Gasteiger partial charge in [-0.15, -0.1) is 0 Å². The van der Waals surface area contributed by atoms with Gasteiger partial charge in [-0.25, -0.2) is 0 Å². The second kappa shape index (κ2) is 5.77. The molecule has 17 heavy (non-hydrogen) atoms. The van der Waals surface area contributed by atoms with E-state index in [4.69, 9.17) is 9.47 Å². The zero-order valence-electron chi connectivity index (χ0n) is 10.5. The number of ether oxygens (including phenoxy) is 2. The fraction of sp³-hybridized carbons (Fsp3) is 0.727. The van der Waals surface area contributed by atoms with Crippen LogP contribution in [0.25, 0.3) is 0 Å². The summed E-state index contributed by atoms with van der Waals surface area (Å²) in [4.78, 5) is 33.2. The summed E-state index contributed by atoms with van der Waals surface area (Å²) in [6.07, 6.45) is 0.466. The molecule has 0 bridgehead atoms. The van der Waals surface area contributed by atoms with Gasteiger partial charge in [0.05, 0.1) is 6.61 Å². The van der Waals surface area contributed by atoms with Crippen LogP contribution >= 0.6 is 0 Å². The molecule has 0 aliphatic carbocycles. The van der Waals surface area contributed by atoms with Crippen LogP contribution in [0.5, 0.6) is 0 Å². The lowest BCUT2D eigenvalue weighted by Gasteiger charge is -2.41. The first-order chi connectivity index (χ1) is 7.76. The Morgan fingerprint density at radius 3 is 1.94 bits per heavy atom. The highest BCUT2D eigenvalue weighted by Crippen LogP contribution is 2.31. The van der Waals surface area contributed by atoms with Crippen LogP contribution in [0.3, 0.4) is 0 Å². The average Bonchev–Trinajstić information content (AvgIpc) is 2.24. The van der Waals surface area contributed by atoms with Crippen molar-refractivity contribution in [3.05, 3.63) is 0 Å². The van der Waals surface area contributed by atoms with Crippen LogP contribution in [0.4, 0.5) is 0 Å². The quantitative estimate of drug-likeness (QED) is 0.532. The topological polar surface area (TPSA) is 89.9 Å². The van der Waals surface area contributed by atoms with Crippen molar-refractivity contribution in [1.29, 1.82) is 0 Å². The van der Waals surface area contributed by atoms with Crippen LogP contribution in [-0.4, -0.2) is 41.1 Å². The largest absolute Gasteiger partial charge is 0.452 e. The summed E-state index contributed by atoms with van der Waals surface area (Å²) in [7, 11) is 0. The minimum absolute atomic E-state index is 0.0838. The highest BCUT2D eigenvalue weighted by molar-refractivity contribution is 5.75. The van der Waals surface area contributed by atoms with Crippen LogP contribution in [-0.2, 0) is 23.9 Å². The first-order valence-electron chi connectivity index (χ1n) is 5.23. The Morgan fingerprint density at radius 2 is 1.71 bits per heavy atom. The standard InChI is InChI=1S/C11H18O6/c1-5-11(7-13,17-9(3)15)10(4,6-12)16-8(2)14/h7,12H,5-6H2,1-4H3. The third-order valence-corrected chi connectivity index (χ3v) is 2.61. The van der Waals surface area contributed by atoms with Crippen molar-refractivity contribution in [3.8, 4) is 0 Å². The molecule has 0 heterocycles. The monoisotopic (exact) mass is 246 g/mol. The fourth-order valence-electron chi connectivity index (χ4n) is 1.61. The third-order valence-electron chi connectivity index (χ3n) is 2.61. The Kier molecular flexibility index (Phi) is 5.28. The maximum absolute atomic E-state index is 11.2. The van der Waals surface area contributed by atoms with Gasteiger partial charge in [0.25, 0.3) is 0 Å². The number of hydrogen-bond donors (Lipinski definition) is 1. The number of carbonyl (C=O) groups excluding carboxylic acids is 3. The molecular weight excluding hydrogens is 228 g/mol. The lowest BCUT2D eigenvalue weighted by atomic mass is 9.83. The van der Waals surface area contributed by atoms with E-state index in [1.807, 2.05) is 0 Å². The number of esters is 2. The molecule has 0 radical (unpaired) electrons. The normalized spacial score (nSPS) is 17.5. The predicted molar refractivity (Wildman–Crippen MR) is 58.1 cm³/mol. The molecule has 2 atom stereocenters. The highest BCUT2D eigenvalue weighted by Gasteiger charge is 2.53. The van der Waals surface area contributed by atoms with Gasteiger partial charge in [0.2, 0.25) is 5.60 Å². The average molecular weight is 246 g/mol. The van der Waals surface area contributed by atoms with E-state index in [1.165, 1.54) is 6.92 Å². The van der Waals surface area contributed by atoms with Crippen LogP contribution < -0.4 is 0 Å². The predicted octanol–water partition coefficient (Wildman–Crippen LogP) is 0.211. The van der Waals surface area contributed by atoms with Crippen LogP contribution in [0.15, 0.2) is 0 Å². The van der Waals surface area contributed by atoms with Crippen molar-refractivity contribution in [1.82, 2.24) is 0 Å². The summed E-state index contributed by atoms with van der Waals surface area (Å²) < 4.78 is 9.89. The van der Waals surface area contributed by atoms with Gasteiger partial charge in [-0.1, -0.05) is 6.92 Å². The Bertz CT molecular complexity index is 313. The first-order valence-corrected chi connectivity index (χ1v) is 5.23. The molecule has 0 aliphatic rings. The van der Waals surface area contributed by atoms with E-state index in [9.17, 15) is 19.5 Å². The van der Waals surface area contributed by atoms with Gasteiger partial charge in [0, 0.05) is 13.8 Å². The van der Waals surface area contributed by atoms with E-state index in [-0.39, 0.29) is 6.42 Å². The summed E-state index contributed by atoms with van der Waals surface area (Å²) in [5, 5.41) is 9.32. The Labute approximate surface area is 99.9 Å². The summed E-state index contributed by atoms with van der Waals surface area (Å²) in [5.74, 6) is -1.36. The zero-order valence-corrected chi connectivity index (χ0v) is 10.5. The molecule has 0 spiro atoms. The van der Waals surface area contributed by atoms with Crippen molar-refractivity contribution in [2.24, 2.45) is 0 Å². The second-order valence-corrected chi connectivity index (χ2v) is 3.94. The van der Waals surface area contributed by atoms with Gasteiger partial charge >= 0.3 is 11.9 Å². The maximum atomic E-state index is 11.2. The molecule has 0 saturated carbocycles. The second-order valence-electron chi connectivity index (χ2n) is 3.94. The molecule has 0 aromatic heterocycles. The van der Waals surface area contributed by atoms with Gasteiger partial charge in [-0.05, 0) is 13.3 Å². The van der Waals surface area contributed by atoms with Gasteiger partial charge in [0.15, 0.2) is 11.9 Å². The lowest BCUT2D eigenvalue weighted by molar-refractivity contribution is -0.211. The van der Waals surface area contributed by atoms with Gasteiger partial charge in [0.1, 0.15) is 0 Å². The summed E-state index contributed by atoms with van der Waals surface area (Å²) in [5.41, 5.74) is -3.28. The van der Waals surface area contributed by atoms with Crippen LogP contribution in [0, 0.1) is 0 Å². The Morgan fingerprint density at radius 1 is 1.24 bits per heavy atom. The molecule has 0 fully saturated rings. The SMILES string of the molecule is CCC(C=O)(OC(C)=O)C(C)(CO)OC(C)=O. The maximum Gasteiger partial charge on any atom is 0.303 e. The van der Waals surface area contributed by atoms with Crippen molar-refractivity contribution in [2.45, 2.75) is 45.3 Å². The molecule has 6 heteroatoms. The highest BCUT2D eigenvalue weighted by atomic mass is 16.6. The van der Waals surface area contributed by atoms with E-state index in [2.05, 4.69) is 0 Å². The number of rotatable bonds is 6. The number of aldehydes is 1. The van der Waals surface area contributed by atoms with E-state index in [0.29, 0.717) is 6.29 Å². The van der Waals surface area contributed by atoms with E-state index < -0.39 is 29.7 Å². The Balaban J connectivity index is 5.43. The van der Waals surface area contributed by atoms with E-state index in [1.54, 1.807) is 6.92 Å². The zero-order chi connectivity index (χ0) is 13.7. The van der Waals surface area contributed by atoms with E-state index in [0.717, 1.165) is 13.8 Å². The first kappa shape index (κ1) is 15.6. The summed E-state index contributed by atoms with van der Waals surface area (Å²) >= 11 is 0. The smallest absolute Gasteiger partial charge is 0.303 e. The third kappa shape index (κ3) is 3.26. The molecule has 0 amide bonds. The number of aliphatic hydroxyl groups is 1. The van der Waals surface area contributed by atoms with Crippen LogP contribution in [0.1, 0.15) is 34.1 Å². The molecule has 0 aromatic rings. The fourth-order valence-corrected chi connectivity index (χ4v) is 1.61. The molecule has 98 valence electrons. The van der Waals surface area contributed by atoms with Crippen molar-refractivity contribution in [2.75, 3.05) is 6.61 Å². The summed E-state index contributed by atoms with van der Waals surface area (Å²) in [6.45, 7) is 4.59. The summed E-state index contributed by atoms with van der Waals surface area (Å²) in [6, 6.07) is 0. The number of aliphatic hydroxyl groups excluding tert-OH is 1. The molecule has 6 nitrogen and oxygen atoms in total. The van der Waals surface area contributed by atoms with Gasteiger partial charge in [-0.3, -0.25) is 14.4 Å². The molecule has 1 N–H and O–H groups in total. The lowest BCUT2D eigenvalue weighted by Crippen LogP contribution is -2.60. The number of carbonyl (C=O) groups is 3. The minimum Gasteiger partial charge on any atom is -0.452 e. The molecule has 2 unspecified atom stereocenters. The number of hydrogen-bond acceptors (Lipinski definition) is 6. The van der Waals surface area contributed by atoms with Gasteiger partial charge in [-0.2, -0.15) is 0 Å². The Hall–Kier alpha value is -1.43. The molecule has 0 saturated heterocycles.